The summed E-state index contributed by atoms with van der Waals surface area (Å²) in [6.07, 6.45) is 5.32. The Morgan fingerprint density at radius 3 is 2.61 bits per heavy atom. The van der Waals surface area contributed by atoms with E-state index in [0.29, 0.717) is 40.6 Å². The molecule has 0 spiro atoms. The number of halogens is 2. The number of rotatable bonds is 4. The molecule has 1 aliphatic rings. The van der Waals surface area contributed by atoms with Crippen LogP contribution in [0.5, 0.6) is 0 Å². The second-order valence-electron chi connectivity index (χ2n) is 7.02. The minimum Gasteiger partial charge on any atom is -0.455 e. The fourth-order valence-electron chi connectivity index (χ4n) is 3.47. The van der Waals surface area contributed by atoms with Crippen LogP contribution in [0.2, 0.25) is 10.0 Å². The first kappa shape index (κ1) is 21.1. The van der Waals surface area contributed by atoms with Crippen molar-refractivity contribution in [2.75, 3.05) is 5.32 Å². The molecule has 0 aliphatic heterocycles. The van der Waals surface area contributed by atoms with Crippen LogP contribution < -0.4 is 10.7 Å². The van der Waals surface area contributed by atoms with Gasteiger partial charge in [0, 0.05) is 40.7 Å². The van der Waals surface area contributed by atoms with Crippen molar-refractivity contribution >= 4 is 46.4 Å². The van der Waals surface area contributed by atoms with Gasteiger partial charge in [0.2, 0.25) is 0 Å². The summed E-state index contributed by atoms with van der Waals surface area (Å²) in [4.78, 5) is 29.1. The zero-order valence-corrected chi connectivity index (χ0v) is 18.0. The van der Waals surface area contributed by atoms with Crippen LogP contribution in [-0.4, -0.2) is 22.5 Å². The number of hydrogen-bond donors (Lipinski definition) is 2. The number of hydrogen-bond acceptors (Lipinski definition) is 5. The molecular formula is C22H18Cl2N4O3. The lowest BCUT2D eigenvalue weighted by Gasteiger charge is -2.13. The number of nitrogens with zero attached hydrogens (tertiary/aromatic N) is 2. The fourth-order valence-corrected chi connectivity index (χ4v) is 3.97. The molecule has 0 unspecified atom stereocenters. The predicted octanol–water partition coefficient (Wildman–Crippen LogP) is 5.01. The van der Waals surface area contributed by atoms with Gasteiger partial charge in [-0.25, -0.2) is 5.43 Å². The largest absolute Gasteiger partial charge is 0.455 e. The highest BCUT2D eigenvalue weighted by Crippen LogP contribution is 2.30. The van der Waals surface area contributed by atoms with E-state index >= 15 is 0 Å². The molecule has 0 fully saturated rings. The molecular weight excluding hydrogens is 439 g/mol. The number of benzene rings is 1. The molecule has 0 saturated heterocycles. The van der Waals surface area contributed by atoms with Gasteiger partial charge in [-0.2, -0.15) is 5.10 Å². The van der Waals surface area contributed by atoms with Crippen molar-refractivity contribution in [3.05, 3.63) is 81.0 Å². The number of nitrogens with one attached hydrogen (secondary N) is 2. The molecule has 7 nitrogen and oxygen atoms in total. The summed E-state index contributed by atoms with van der Waals surface area (Å²) < 4.78 is 5.87. The molecule has 2 aromatic heterocycles. The summed E-state index contributed by atoms with van der Waals surface area (Å²) in [7, 11) is 0. The van der Waals surface area contributed by atoms with Gasteiger partial charge in [-0.15, -0.1) is 0 Å². The van der Waals surface area contributed by atoms with Gasteiger partial charge in [0.25, 0.3) is 11.8 Å². The van der Waals surface area contributed by atoms with E-state index in [-0.39, 0.29) is 22.3 Å². The lowest BCUT2D eigenvalue weighted by atomic mass is 9.93. The Bertz CT molecular complexity index is 1190. The van der Waals surface area contributed by atoms with Crippen LogP contribution in [0, 0.1) is 6.92 Å². The maximum absolute atomic E-state index is 12.7. The van der Waals surface area contributed by atoms with Crippen molar-refractivity contribution in [1.82, 2.24) is 10.4 Å². The van der Waals surface area contributed by atoms with E-state index in [1.807, 2.05) is 6.92 Å². The Balaban J connectivity index is 1.57. The predicted molar refractivity (Wildman–Crippen MR) is 119 cm³/mol. The van der Waals surface area contributed by atoms with Gasteiger partial charge in [0.05, 0.1) is 16.3 Å². The number of carbonyl (C=O) groups excluding carboxylic acids is 2. The van der Waals surface area contributed by atoms with Gasteiger partial charge < -0.3 is 9.73 Å². The van der Waals surface area contributed by atoms with Crippen molar-refractivity contribution in [1.29, 1.82) is 0 Å². The van der Waals surface area contributed by atoms with Gasteiger partial charge in [0.1, 0.15) is 5.76 Å². The number of anilines is 1. The van der Waals surface area contributed by atoms with Crippen molar-refractivity contribution < 1.29 is 14.0 Å². The van der Waals surface area contributed by atoms with Gasteiger partial charge in [-0.3, -0.25) is 14.6 Å². The zero-order chi connectivity index (χ0) is 22.0. The summed E-state index contributed by atoms with van der Waals surface area (Å²) in [5.74, 6) is 0.108. The zero-order valence-electron chi connectivity index (χ0n) is 16.5. The molecule has 158 valence electrons. The van der Waals surface area contributed by atoms with Crippen molar-refractivity contribution in [2.24, 2.45) is 5.10 Å². The standard InChI is InChI=1S/C22H18Cl2N4O3/c1-12-19-17(27-28-21(29)15-6-5-13(23)11-16(15)24)3-2-4-18(19)31-20(12)22(30)26-14-7-9-25-10-8-14/h5-11H,2-4H2,1H3,(H,28,29)(H,25,26,30)/b27-17+. The summed E-state index contributed by atoms with van der Waals surface area (Å²) in [6.45, 7) is 1.81. The highest BCUT2D eigenvalue weighted by molar-refractivity contribution is 6.36. The molecule has 0 bridgehead atoms. The third-order valence-corrected chi connectivity index (χ3v) is 5.49. The SMILES string of the molecule is Cc1c(C(=O)Nc2ccncc2)oc2c1/C(=N/NC(=O)c1ccc(Cl)cc1Cl)CCC2. The summed E-state index contributed by atoms with van der Waals surface area (Å²) >= 11 is 12.0. The monoisotopic (exact) mass is 456 g/mol. The average Bonchev–Trinajstić information content (AvgIpc) is 3.10. The Kier molecular flexibility index (Phi) is 6.06. The maximum Gasteiger partial charge on any atom is 0.291 e. The van der Waals surface area contributed by atoms with E-state index in [1.54, 1.807) is 30.6 Å². The molecule has 1 aromatic carbocycles. The molecule has 0 saturated carbocycles. The van der Waals surface area contributed by atoms with Crippen LogP contribution in [0.4, 0.5) is 5.69 Å². The topological polar surface area (TPSA) is 96.6 Å². The first-order valence-corrected chi connectivity index (χ1v) is 10.4. The second kappa shape index (κ2) is 8.91. The molecule has 9 heteroatoms. The van der Waals surface area contributed by atoms with E-state index in [2.05, 4.69) is 20.8 Å². The molecule has 0 atom stereocenters. The molecule has 0 radical (unpaired) electrons. The van der Waals surface area contributed by atoms with Crippen LogP contribution in [-0.2, 0) is 6.42 Å². The second-order valence-corrected chi connectivity index (χ2v) is 7.87. The quantitative estimate of drug-likeness (QED) is 0.538. The number of pyridine rings is 1. The first-order valence-electron chi connectivity index (χ1n) is 9.60. The summed E-state index contributed by atoms with van der Waals surface area (Å²) in [5.41, 5.74) is 5.53. The summed E-state index contributed by atoms with van der Waals surface area (Å²) in [6, 6.07) is 8.01. The molecule has 2 N–H and O–H groups in total. The Morgan fingerprint density at radius 2 is 1.87 bits per heavy atom. The Morgan fingerprint density at radius 1 is 1.10 bits per heavy atom. The van der Waals surface area contributed by atoms with Gasteiger partial charge in [-0.05, 0) is 50.1 Å². The lowest BCUT2D eigenvalue weighted by molar-refractivity contribution is 0.0953. The van der Waals surface area contributed by atoms with E-state index in [1.165, 1.54) is 12.1 Å². The molecule has 3 aromatic rings. The van der Waals surface area contributed by atoms with Crippen LogP contribution in [0.3, 0.4) is 0 Å². The summed E-state index contributed by atoms with van der Waals surface area (Å²) in [5, 5.41) is 7.79. The van der Waals surface area contributed by atoms with Gasteiger partial charge >= 0.3 is 0 Å². The van der Waals surface area contributed by atoms with E-state index in [9.17, 15) is 9.59 Å². The minimum absolute atomic E-state index is 0.225. The number of furan rings is 1. The smallest absolute Gasteiger partial charge is 0.291 e. The number of amides is 2. The lowest BCUT2D eigenvalue weighted by Crippen LogP contribution is -2.22. The highest BCUT2D eigenvalue weighted by atomic mass is 35.5. The number of aryl methyl sites for hydroxylation is 1. The third-order valence-electron chi connectivity index (χ3n) is 4.94. The first-order chi connectivity index (χ1) is 14.9. The number of carbonyl (C=O) groups is 2. The van der Waals surface area contributed by atoms with E-state index in [0.717, 1.165) is 12.0 Å². The van der Waals surface area contributed by atoms with Crippen LogP contribution in [0.15, 0.2) is 52.2 Å². The maximum atomic E-state index is 12.7. The van der Waals surface area contributed by atoms with Crippen LogP contribution in [0.1, 0.15) is 50.6 Å². The van der Waals surface area contributed by atoms with Crippen molar-refractivity contribution in [2.45, 2.75) is 26.2 Å². The molecule has 4 rings (SSSR count). The van der Waals surface area contributed by atoms with Gasteiger partial charge in [0.15, 0.2) is 5.76 Å². The van der Waals surface area contributed by atoms with Crippen molar-refractivity contribution in [3.63, 3.8) is 0 Å². The fraction of sp³-hybridized carbons (Fsp3) is 0.182. The van der Waals surface area contributed by atoms with Gasteiger partial charge in [-0.1, -0.05) is 23.2 Å². The highest BCUT2D eigenvalue weighted by Gasteiger charge is 2.28. The van der Waals surface area contributed by atoms with E-state index in [4.69, 9.17) is 27.6 Å². The molecule has 1 aliphatic carbocycles. The number of hydrazone groups is 1. The Labute approximate surface area is 188 Å². The Hall–Kier alpha value is -3.16. The van der Waals surface area contributed by atoms with E-state index < -0.39 is 5.91 Å². The number of fused-ring (bicyclic) bond motifs is 1. The average molecular weight is 457 g/mol. The van der Waals surface area contributed by atoms with Crippen molar-refractivity contribution in [3.8, 4) is 0 Å². The molecule has 2 heterocycles. The third kappa shape index (κ3) is 4.47. The number of aromatic nitrogens is 1. The normalized spacial score (nSPS) is 14.2. The van der Waals surface area contributed by atoms with Crippen LogP contribution in [0.25, 0.3) is 0 Å². The molecule has 31 heavy (non-hydrogen) atoms. The molecule has 2 amide bonds. The minimum atomic E-state index is -0.446. The van der Waals surface area contributed by atoms with Crippen LogP contribution >= 0.6 is 23.2 Å².